The highest BCUT2D eigenvalue weighted by Gasteiger charge is 2.09. The second-order valence-electron chi connectivity index (χ2n) is 4.19. The molecular formula is C12H23N5O2. The molecule has 19 heavy (non-hydrogen) atoms. The maximum atomic E-state index is 5.43. The minimum atomic E-state index is 0.214. The molecule has 0 saturated heterocycles. The van der Waals surface area contributed by atoms with Crippen molar-refractivity contribution < 1.29 is 9.47 Å². The summed E-state index contributed by atoms with van der Waals surface area (Å²) in [5, 5.41) is 6.10. The number of rotatable bonds is 9. The van der Waals surface area contributed by atoms with Crippen LogP contribution in [0.25, 0.3) is 0 Å². The zero-order valence-corrected chi connectivity index (χ0v) is 12.1. The fourth-order valence-electron chi connectivity index (χ4n) is 1.38. The van der Waals surface area contributed by atoms with Gasteiger partial charge in [0.2, 0.25) is 11.9 Å². The molecule has 1 atom stereocenters. The smallest absolute Gasteiger partial charge is 0.323 e. The Balaban J connectivity index is 2.69. The molecule has 1 aromatic rings. The van der Waals surface area contributed by atoms with E-state index in [1.54, 1.807) is 14.2 Å². The molecule has 0 radical (unpaired) electrons. The second-order valence-corrected chi connectivity index (χ2v) is 4.19. The van der Waals surface area contributed by atoms with E-state index in [1.165, 1.54) is 0 Å². The van der Waals surface area contributed by atoms with Crippen LogP contribution in [0, 0.1) is 0 Å². The van der Waals surface area contributed by atoms with Crippen molar-refractivity contribution in [3.05, 3.63) is 0 Å². The van der Waals surface area contributed by atoms with Crippen LogP contribution < -0.4 is 15.4 Å². The lowest BCUT2D eigenvalue weighted by atomic mass is 10.2. The first-order valence-corrected chi connectivity index (χ1v) is 6.51. The number of ether oxygens (including phenoxy) is 2. The van der Waals surface area contributed by atoms with Gasteiger partial charge >= 0.3 is 6.01 Å². The zero-order valence-electron chi connectivity index (χ0n) is 12.1. The highest BCUT2D eigenvalue weighted by Crippen LogP contribution is 2.12. The predicted molar refractivity (Wildman–Crippen MR) is 74.7 cm³/mol. The van der Waals surface area contributed by atoms with Gasteiger partial charge in [-0.15, -0.1) is 0 Å². The van der Waals surface area contributed by atoms with E-state index in [1.807, 2.05) is 6.92 Å². The molecule has 0 aliphatic rings. The van der Waals surface area contributed by atoms with Gasteiger partial charge in [-0.3, -0.25) is 0 Å². The molecular weight excluding hydrogens is 246 g/mol. The van der Waals surface area contributed by atoms with Crippen LogP contribution in [0.15, 0.2) is 0 Å². The first-order chi connectivity index (χ1) is 9.19. The Hall–Kier alpha value is -1.63. The van der Waals surface area contributed by atoms with E-state index in [4.69, 9.17) is 9.47 Å². The zero-order chi connectivity index (χ0) is 14.1. The summed E-state index contributed by atoms with van der Waals surface area (Å²) in [5.74, 6) is 0.997. The third-order valence-corrected chi connectivity index (χ3v) is 2.40. The molecule has 0 aromatic carbocycles. The van der Waals surface area contributed by atoms with Gasteiger partial charge in [0, 0.05) is 26.8 Å². The highest BCUT2D eigenvalue weighted by molar-refractivity contribution is 5.35. The van der Waals surface area contributed by atoms with Crippen LogP contribution in [0.4, 0.5) is 11.9 Å². The molecule has 0 aliphatic heterocycles. The SMILES string of the molecule is CCCOc1nc(NC)nc(NC(C)CCOC)n1. The van der Waals surface area contributed by atoms with Gasteiger partial charge in [0.05, 0.1) is 6.61 Å². The fraction of sp³-hybridized carbons (Fsp3) is 0.750. The average Bonchev–Trinajstić information content (AvgIpc) is 2.42. The van der Waals surface area contributed by atoms with Crippen molar-refractivity contribution >= 4 is 11.9 Å². The molecule has 1 rings (SSSR count). The minimum Gasteiger partial charge on any atom is -0.463 e. The molecule has 108 valence electrons. The summed E-state index contributed by atoms with van der Waals surface area (Å²) < 4.78 is 10.5. The van der Waals surface area contributed by atoms with Crippen molar-refractivity contribution in [2.24, 2.45) is 0 Å². The number of anilines is 2. The second kappa shape index (κ2) is 8.47. The van der Waals surface area contributed by atoms with Gasteiger partial charge in [0.25, 0.3) is 0 Å². The maximum Gasteiger partial charge on any atom is 0.323 e. The van der Waals surface area contributed by atoms with E-state index in [-0.39, 0.29) is 6.04 Å². The van der Waals surface area contributed by atoms with E-state index in [9.17, 15) is 0 Å². The average molecular weight is 269 g/mol. The summed E-state index contributed by atoms with van der Waals surface area (Å²) in [6.45, 7) is 5.36. The monoisotopic (exact) mass is 269 g/mol. The Morgan fingerprint density at radius 3 is 2.53 bits per heavy atom. The largest absolute Gasteiger partial charge is 0.463 e. The topological polar surface area (TPSA) is 81.2 Å². The van der Waals surface area contributed by atoms with Crippen LogP contribution in [0.5, 0.6) is 6.01 Å². The molecule has 0 spiro atoms. The van der Waals surface area contributed by atoms with Gasteiger partial charge in [-0.1, -0.05) is 6.92 Å². The fourth-order valence-corrected chi connectivity index (χ4v) is 1.38. The van der Waals surface area contributed by atoms with Crippen LogP contribution in [-0.2, 0) is 4.74 Å². The summed E-state index contributed by atoms with van der Waals surface area (Å²) in [6, 6.07) is 0.550. The molecule has 7 nitrogen and oxygen atoms in total. The van der Waals surface area contributed by atoms with Crippen LogP contribution in [-0.4, -0.2) is 48.4 Å². The van der Waals surface area contributed by atoms with Crippen LogP contribution in [0.1, 0.15) is 26.7 Å². The summed E-state index contributed by atoms with van der Waals surface area (Å²) >= 11 is 0. The molecule has 0 bridgehead atoms. The molecule has 1 aromatic heterocycles. The van der Waals surface area contributed by atoms with Crippen LogP contribution >= 0.6 is 0 Å². The lowest BCUT2D eigenvalue weighted by Gasteiger charge is -2.14. The van der Waals surface area contributed by atoms with Gasteiger partial charge < -0.3 is 20.1 Å². The predicted octanol–water partition coefficient (Wildman–Crippen LogP) is 1.54. The summed E-state index contributed by atoms with van der Waals surface area (Å²) in [6.07, 6.45) is 1.79. The third-order valence-electron chi connectivity index (χ3n) is 2.40. The molecule has 0 aliphatic carbocycles. The molecule has 0 saturated carbocycles. The van der Waals surface area contributed by atoms with E-state index < -0.39 is 0 Å². The van der Waals surface area contributed by atoms with Gasteiger partial charge in [-0.25, -0.2) is 0 Å². The van der Waals surface area contributed by atoms with Crippen LogP contribution in [0.2, 0.25) is 0 Å². The summed E-state index contributed by atoms with van der Waals surface area (Å²) in [5.41, 5.74) is 0. The van der Waals surface area contributed by atoms with E-state index in [0.29, 0.717) is 31.1 Å². The lowest BCUT2D eigenvalue weighted by molar-refractivity contribution is 0.191. The summed E-state index contributed by atoms with van der Waals surface area (Å²) in [4.78, 5) is 12.6. The van der Waals surface area contributed by atoms with Crippen molar-refractivity contribution in [2.45, 2.75) is 32.7 Å². The van der Waals surface area contributed by atoms with Gasteiger partial charge in [0.1, 0.15) is 0 Å². The Bertz CT molecular complexity index is 375. The quantitative estimate of drug-likeness (QED) is 0.703. The van der Waals surface area contributed by atoms with Crippen LogP contribution in [0.3, 0.4) is 0 Å². The van der Waals surface area contributed by atoms with E-state index >= 15 is 0 Å². The summed E-state index contributed by atoms with van der Waals surface area (Å²) in [7, 11) is 3.45. The normalized spacial score (nSPS) is 12.0. The van der Waals surface area contributed by atoms with Crippen molar-refractivity contribution in [3.63, 3.8) is 0 Å². The molecule has 0 fully saturated rings. The number of methoxy groups -OCH3 is 1. The van der Waals surface area contributed by atoms with E-state index in [2.05, 4.69) is 32.5 Å². The lowest BCUT2D eigenvalue weighted by Crippen LogP contribution is -2.20. The molecule has 2 N–H and O–H groups in total. The van der Waals surface area contributed by atoms with Gasteiger partial charge in [0.15, 0.2) is 0 Å². The van der Waals surface area contributed by atoms with Gasteiger partial charge in [-0.2, -0.15) is 15.0 Å². The minimum absolute atomic E-state index is 0.214. The van der Waals surface area contributed by atoms with Crippen molar-refractivity contribution in [1.29, 1.82) is 0 Å². The highest BCUT2D eigenvalue weighted by atomic mass is 16.5. The number of aromatic nitrogens is 3. The Kier molecular flexibility index (Phi) is 6.88. The molecule has 1 unspecified atom stereocenters. The maximum absolute atomic E-state index is 5.43. The standard InChI is InChI=1S/C12H23N5O2/c1-5-7-19-12-16-10(13-3)15-11(17-12)14-9(2)6-8-18-4/h9H,5-8H2,1-4H3,(H2,13,14,15,16,17). The molecule has 7 heteroatoms. The molecule has 1 heterocycles. The third kappa shape index (κ3) is 5.69. The van der Waals surface area contributed by atoms with Crippen molar-refractivity contribution in [1.82, 2.24) is 15.0 Å². The Morgan fingerprint density at radius 1 is 1.16 bits per heavy atom. The van der Waals surface area contributed by atoms with Crippen molar-refractivity contribution in [2.75, 3.05) is 38.0 Å². The first kappa shape index (κ1) is 15.4. The van der Waals surface area contributed by atoms with Crippen molar-refractivity contribution in [3.8, 4) is 6.01 Å². The molecule has 0 amide bonds. The van der Waals surface area contributed by atoms with E-state index in [0.717, 1.165) is 12.8 Å². The Labute approximate surface area is 114 Å². The number of hydrogen-bond donors (Lipinski definition) is 2. The first-order valence-electron chi connectivity index (χ1n) is 6.51. The number of hydrogen-bond acceptors (Lipinski definition) is 7. The number of nitrogens with zero attached hydrogens (tertiary/aromatic N) is 3. The van der Waals surface area contributed by atoms with Gasteiger partial charge in [-0.05, 0) is 19.8 Å². The number of nitrogens with one attached hydrogen (secondary N) is 2. The Morgan fingerprint density at radius 2 is 1.89 bits per heavy atom.